The molecule has 7 heteroatoms. The number of benzene rings is 2. The molecular weight excluding hydrogens is 496 g/mol. The van der Waals surface area contributed by atoms with Gasteiger partial charge in [-0.05, 0) is 60.9 Å². The molecule has 5 rings (SSSR count). The molecule has 3 aliphatic rings. The summed E-state index contributed by atoms with van der Waals surface area (Å²) < 4.78 is 0. The third-order valence-electron chi connectivity index (χ3n) is 9.33. The lowest BCUT2D eigenvalue weighted by Crippen LogP contribution is -2.67. The molecule has 4 atom stereocenters. The van der Waals surface area contributed by atoms with E-state index in [0.29, 0.717) is 5.56 Å². The molecule has 2 aromatic rings. The lowest BCUT2D eigenvalue weighted by atomic mass is 9.44. The Labute approximate surface area is 227 Å². The Kier molecular flexibility index (Phi) is 5.78. The average Bonchev–Trinajstić information content (AvgIpc) is 2.81. The summed E-state index contributed by atoms with van der Waals surface area (Å²) in [4.78, 5) is 40.4. The van der Waals surface area contributed by atoms with Gasteiger partial charge in [-0.1, -0.05) is 58.0 Å². The van der Waals surface area contributed by atoms with Gasteiger partial charge >= 0.3 is 0 Å². The van der Waals surface area contributed by atoms with Crippen molar-refractivity contribution in [2.75, 3.05) is 0 Å². The summed E-state index contributed by atoms with van der Waals surface area (Å²) in [5, 5.41) is 46.0. The van der Waals surface area contributed by atoms with Gasteiger partial charge < -0.3 is 20.4 Å². The number of aliphatic hydroxyl groups is 3. The maximum absolute atomic E-state index is 14.2. The normalized spacial score (nSPS) is 30.3. The quantitative estimate of drug-likeness (QED) is 0.395. The van der Waals surface area contributed by atoms with Crippen LogP contribution in [0.4, 0.5) is 0 Å². The Bertz CT molecular complexity index is 1540. The molecule has 0 amide bonds. The number of fused-ring (bicyclic) bond motifs is 3. The third kappa shape index (κ3) is 3.29. The number of hydrogen-bond acceptors (Lipinski definition) is 7. The van der Waals surface area contributed by atoms with Crippen molar-refractivity contribution in [1.82, 2.24) is 0 Å². The maximum Gasteiger partial charge on any atom is 0.209 e. The van der Waals surface area contributed by atoms with Gasteiger partial charge in [0, 0.05) is 22.3 Å². The summed E-state index contributed by atoms with van der Waals surface area (Å²) in [6.07, 6.45) is 0.300. The van der Waals surface area contributed by atoms with E-state index in [4.69, 9.17) is 0 Å². The van der Waals surface area contributed by atoms with Crippen LogP contribution < -0.4 is 0 Å². The van der Waals surface area contributed by atoms with E-state index in [0.717, 1.165) is 23.6 Å². The number of hydrogen-bond donors (Lipinski definition) is 4. The monoisotopic (exact) mass is 530 g/mol. The van der Waals surface area contributed by atoms with E-state index >= 15 is 0 Å². The SMILES string of the molecule is CC(=O)C1=C(O)C(C(C)C)[C@@]2(C)C[C@@]3(C)Cc4c(-c5ccccc5C)ccc(O)c4C(=O)C3=C(O)[C@@]2(O)C1=O. The Morgan fingerprint density at radius 3 is 2.23 bits per heavy atom. The van der Waals surface area contributed by atoms with Crippen LogP contribution in [0.5, 0.6) is 5.75 Å². The molecule has 204 valence electrons. The molecule has 0 spiro atoms. The topological polar surface area (TPSA) is 132 Å². The molecule has 0 radical (unpaired) electrons. The van der Waals surface area contributed by atoms with Crippen molar-refractivity contribution in [3.8, 4) is 16.9 Å². The number of carbonyl (C=O) groups is 3. The number of ketones is 3. The molecule has 1 unspecified atom stereocenters. The summed E-state index contributed by atoms with van der Waals surface area (Å²) in [6.45, 7) is 10.1. The summed E-state index contributed by atoms with van der Waals surface area (Å²) in [5.74, 6) is -5.15. The minimum absolute atomic E-state index is 0.0239. The number of carbonyl (C=O) groups excluding carboxylic acids is 3. The molecular formula is C32H34O7. The van der Waals surface area contributed by atoms with E-state index in [1.165, 1.54) is 6.07 Å². The van der Waals surface area contributed by atoms with E-state index < -0.39 is 56.8 Å². The van der Waals surface area contributed by atoms with Gasteiger partial charge in [-0.25, -0.2) is 0 Å². The molecule has 2 aromatic carbocycles. The van der Waals surface area contributed by atoms with Crippen LogP contribution in [0.3, 0.4) is 0 Å². The van der Waals surface area contributed by atoms with Crippen molar-refractivity contribution in [2.24, 2.45) is 22.7 Å². The molecule has 3 aliphatic carbocycles. The van der Waals surface area contributed by atoms with Crippen LogP contribution >= 0.6 is 0 Å². The first-order chi connectivity index (χ1) is 18.1. The minimum atomic E-state index is -2.61. The second-order valence-electron chi connectivity index (χ2n) is 12.3. The van der Waals surface area contributed by atoms with Crippen LogP contribution in [0.1, 0.15) is 62.5 Å². The Morgan fingerprint density at radius 1 is 1.00 bits per heavy atom. The first-order valence-electron chi connectivity index (χ1n) is 13.2. The van der Waals surface area contributed by atoms with Crippen LogP contribution in [-0.4, -0.2) is 43.4 Å². The number of phenolic OH excluding ortho intramolecular Hbond substituents is 1. The largest absolute Gasteiger partial charge is 0.511 e. The van der Waals surface area contributed by atoms with Crippen molar-refractivity contribution < 1.29 is 34.8 Å². The minimum Gasteiger partial charge on any atom is -0.511 e. The number of aromatic hydroxyl groups is 1. The van der Waals surface area contributed by atoms with Crippen LogP contribution in [-0.2, 0) is 16.0 Å². The zero-order valence-electron chi connectivity index (χ0n) is 23.0. The Hall–Kier alpha value is -3.71. The van der Waals surface area contributed by atoms with Gasteiger partial charge in [0.05, 0.1) is 5.56 Å². The number of aryl methyl sites for hydroxylation is 1. The van der Waals surface area contributed by atoms with Gasteiger partial charge in [0.1, 0.15) is 22.8 Å². The molecule has 0 aromatic heterocycles. The molecule has 0 saturated carbocycles. The van der Waals surface area contributed by atoms with Crippen molar-refractivity contribution in [3.63, 3.8) is 0 Å². The maximum atomic E-state index is 14.2. The summed E-state index contributed by atoms with van der Waals surface area (Å²) >= 11 is 0. The van der Waals surface area contributed by atoms with E-state index in [1.54, 1.807) is 19.9 Å². The van der Waals surface area contributed by atoms with Gasteiger partial charge in [0.15, 0.2) is 17.2 Å². The van der Waals surface area contributed by atoms with Gasteiger partial charge in [-0.15, -0.1) is 0 Å². The highest BCUT2D eigenvalue weighted by molar-refractivity contribution is 6.25. The van der Waals surface area contributed by atoms with Gasteiger partial charge in [-0.3, -0.25) is 14.4 Å². The predicted octanol–water partition coefficient (Wildman–Crippen LogP) is 5.32. The highest BCUT2D eigenvalue weighted by Gasteiger charge is 2.71. The first kappa shape index (κ1) is 26.9. The van der Waals surface area contributed by atoms with Crippen molar-refractivity contribution in [3.05, 3.63) is 75.8 Å². The van der Waals surface area contributed by atoms with Gasteiger partial charge in [0.25, 0.3) is 0 Å². The molecule has 0 saturated heterocycles. The fourth-order valence-electron chi connectivity index (χ4n) is 7.86. The third-order valence-corrected chi connectivity index (χ3v) is 9.33. The Balaban J connectivity index is 1.83. The highest BCUT2D eigenvalue weighted by atomic mass is 16.3. The zero-order chi connectivity index (χ0) is 28.8. The van der Waals surface area contributed by atoms with E-state index in [9.17, 15) is 34.8 Å². The first-order valence-corrected chi connectivity index (χ1v) is 13.2. The van der Waals surface area contributed by atoms with Crippen molar-refractivity contribution in [2.45, 2.75) is 60.0 Å². The molecule has 0 fully saturated rings. The van der Waals surface area contributed by atoms with Crippen LogP contribution in [0, 0.1) is 29.6 Å². The highest BCUT2D eigenvalue weighted by Crippen LogP contribution is 2.65. The number of rotatable bonds is 3. The summed E-state index contributed by atoms with van der Waals surface area (Å²) in [6, 6.07) is 10.9. The number of aliphatic hydroxyl groups excluding tert-OH is 2. The smallest absolute Gasteiger partial charge is 0.209 e. The predicted molar refractivity (Wildman–Crippen MR) is 145 cm³/mol. The molecule has 4 N–H and O–H groups in total. The molecule has 0 aliphatic heterocycles. The second kappa shape index (κ2) is 8.39. The number of Topliss-reactive ketones (excluding diaryl/α,β-unsaturated/α-hetero) is 3. The van der Waals surface area contributed by atoms with Crippen molar-refractivity contribution >= 4 is 17.3 Å². The van der Waals surface area contributed by atoms with Gasteiger partial charge in [-0.2, -0.15) is 0 Å². The fourth-order valence-corrected chi connectivity index (χ4v) is 7.86. The average molecular weight is 531 g/mol. The Morgan fingerprint density at radius 2 is 1.64 bits per heavy atom. The van der Waals surface area contributed by atoms with E-state index in [-0.39, 0.29) is 35.6 Å². The standard InChI is InChI=1S/C32H34O7/c1-15(2)24-26(35)22(17(4)33)28(37)32(39)29(38)25-27(36)23-20(13-30(25,5)14-31(24,32)6)19(11-12-21(23)34)18-10-8-7-9-16(18)3/h7-12,15,24,34-35,38-39H,13-14H2,1-6H3/t24?,30-,31-,32+/m1/s1. The van der Waals surface area contributed by atoms with E-state index in [2.05, 4.69) is 0 Å². The van der Waals surface area contributed by atoms with Crippen LogP contribution in [0.25, 0.3) is 11.1 Å². The number of phenols is 1. The molecule has 0 bridgehead atoms. The lowest BCUT2D eigenvalue weighted by molar-refractivity contribution is -0.171. The van der Waals surface area contributed by atoms with Gasteiger partial charge in [0.2, 0.25) is 5.78 Å². The zero-order valence-corrected chi connectivity index (χ0v) is 23.0. The molecule has 39 heavy (non-hydrogen) atoms. The molecule has 0 heterocycles. The fraction of sp³-hybridized carbons (Fsp3) is 0.406. The van der Waals surface area contributed by atoms with Crippen molar-refractivity contribution in [1.29, 1.82) is 0 Å². The number of allylic oxidation sites excluding steroid dienone is 2. The van der Waals surface area contributed by atoms with Crippen LogP contribution in [0.15, 0.2) is 59.1 Å². The van der Waals surface area contributed by atoms with E-state index in [1.807, 2.05) is 45.0 Å². The lowest BCUT2D eigenvalue weighted by Gasteiger charge is -2.59. The summed E-state index contributed by atoms with van der Waals surface area (Å²) in [7, 11) is 0. The van der Waals surface area contributed by atoms with Crippen LogP contribution in [0.2, 0.25) is 0 Å². The second-order valence-corrected chi connectivity index (χ2v) is 12.3. The summed E-state index contributed by atoms with van der Waals surface area (Å²) in [5.41, 5.74) is -2.50. The molecule has 7 nitrogen and oxygen atoms in total.